The van der Waals surface area contributed by atoms with Gasteiger partial charge in [0.15, 0.2) is 0 Å². The van der Waals surface area contributed by atoms with E-state index < -0.39 is 0 Å². The van der Waals surface area contributed by atoms with E-state index in [4.69, 9.17) is 11.5 Å². The molecule has 1 saturated carbocycles. The number of guanidine groups is 1. The molecule has 1 fully saturated rings. The lowest BCUT2D eigenvalue weighted by Gasteiger charge is -2.15. The summed E-state index contributed by atoms with van der Waals surface area (Å²) in [4.78, 5) is 0. The molecule has 0 aromatic carbocycles. The molecule has 1 aliphatic rings. The second-order valence-corrected chi connectivity index (χ2v) is 4.07. The second kappa shape index (κ2) is 5.62. The first-order chi connectivity index (χ1) is 6.70. The van der Waals surface area contributed by atoms with Crippen molar-refractivity contribution in [1.29, 1.82) is 0 Å². The van der Waals surface area contributed by atoms with Gasteiger partial charge in [0.25, 0.3) is 0 Å². The summed E-state index contributed by atoms with van der Waals surface area (Å²) < 4.78 is 0. The molecule has 2 atom stereocenters. The Morgan fingerprint density at radius 1 is 1.21 bits per heavy atom. The summed E-state index contributed by atoms with van der Waals surface area (Å²) in [6.45, 7) is 2.28. The van der Waals surface area contributed by atoms with Gasteiger partial charge >= 0.3 is 0 Å². The van der Waals surface area contributed by atoms with Crippen LogP contribution in [-0.2, 0) is 0 Å². The van der Waals surface area contributed by atoms with Crippen LogP contribution in [0.5, 0.6) is 0 Å². The number of hydrogen-bond donors (Lipinski definition) is 2. The molecule has 0 bridgehead atoms. The first kappa shape index (κ1) is 11.0. The molecular weight excluding hydrogens is 176 g/mol. The zero-order chi connectivity index (χ0) is 10.4. The first-order valence-electron chi connectivity index (χ1n) is 5.32. The summed E-state index contributed by atoms with van der Waals surface area (Å²) in [6.07, 6.45) is 8.38. The molecule has 2 unspecified atom stereocenters. The van der Waals surface area contributed by atoms with Crippen molar-refractivity contribution in [1.82, 2.24) is 0 Å². The molecular formula is C10H20N4. The largest absolute Gasteiger partial charge is 0.369 e. The quantitative estimate of drug-likeness (QED) is 0.303. The van der Waals surface area contributed by atoms with Gasteiger partial charge in [-0.25, -0.2) is 0 Å². The van der Waals surface area contributed by atoms with Gasteiger partial charge in [0.2, 0.25) is 5.96 Å². The second-order valence-electron chi connectivity index (χ2n) is 4.07. The van der Waals surface area contributed by atoms with Crippen LogP contribution >= 0.6 is 0 Å². The topological polar surface area (TPSA) is 76.8 Å². The maximum atomic E-state index is 5.19. The van der Waals surface area contributed by atoms with Gasteiger partial charge in [-0.1, -0.05) is 32.6 Å². The zero-order valence-electron chi connectivity index (χ0n) is 8.82. The molecule has 4 heteroatoms. The third-order valence-corrected chi connectivity index (χ3v) is 2.86. The minimum Gasteiger partial charge on any atom is -0.369 e. The van der Waals surface area contributed by atoms with Gasteiger partial charge in [0, 0.05) is 6.21 Å². The van der Waals surface area contributed by atoms with Gasteiger partial charge in [-0.2, -0.15) is 5.10 Å². The van der Waals surface area contributed by atoms with Crippen LogP contribution in [0.1, 0.15) is 39.0 Å². The summed E-state index contributed by atoms with van der Waals surface area (Å²) in [5.74, 6) is 1.28. The van der Waals surface area contributed by atoms with Crippen molar-refractivity contribution in [2.45, 2.75) is 39.0 Å². The normalized spacial score (nSPS) is 28.6. The highest BCUT2D eigenvalue weighted by Crippen LogP contribution is 2.26. The molecule has 0 radical (unpaired) electrons. The number of rotatable bonds is 2. The van der Waals surface area contributed by atoms with E-state index in [-0.39, 0.29) is 5.96 Å². The number of nitrogens with two attached hydrogens (primary N) is 2. The highest BCUT2D eigenvalue weighted by atomic mass is 15.3. The molecule has 4 N–H and O–H groups in total. The minimum atomic E-state index is 0.0301. The van der Waals surface area contributed by atoms with Crippen molar-refractivity contribution in [2.24, 2.45) is 33.5 Å². The first-order valence-corrected chi connectivity index (χ1v) is 5.32. The van der Waals surface area contributed by atoms with E-state index >= 15 is 0 Å². The lowest BCUT2D eigenvalue weighted by Crippen LogP contribution is -2.22. The Morgan fingerprint density at radius 3 is 2.64 bits per heavy atom. The van der Waals surface area contributed by atoms with E-state index in [1.165, 1.54) is 32.1 Å². The molecule has 0 aliphatic heterocycles. The Kier molecular flexibility index (Phi) is 4.43. The average molecular weight is 196 g/mol. The van der Waals surface area contributed by atoms with E-state index in [9.17, 15) is 0 Å². The number of hydrogen-bond acceptors (Lipinski definition) is 2. The Bertz CT molecular complexity index is 218. The van der Waals surface area contributed by atoms with Crippen LogP contribution in [-0.4, -0.2) is 12.2 Å². The maximum absolute atomic E-state index is 5.19. The minimum absolute atomic E-state index is 0.0301. The van der Waals surface area contributed by atoms with Crippen molar-refractivity contribution in [3.63, 3.8) is 0 Å². The Labute approximate surface area is 85.5 Å². The SMILES string of the molecule is CC1CCCCCC1C=NN=C(N)N. The van der Waals surface area contributed by atoms with E-state index in [2.05, 4.69) is 17.1 Å². The van der Waals surface area contributed by atoms with Gasteiger partial charge in [0.05, 0.1) is 0 Å². The molecule has 0 heterocycles. The zero-order valence-corrected chi connectivity index (χ0v) is 8.82. The Hall–Kier alpha value is -1.06. The van der Waals surface area contributed by atoms with E-state index in [0.29, 0.717) is 11.8 Å². The molecule has 0 aromatic rings. The van der Waals surface area contributed by atoms with Crippen LogP contribution in [0.3, 0.4) is 0 Å². The van der Waals surface area contributed by atoms with Gasteiger partial charge in [-0.3, -0.25) is 0 Å². The summed E-state index contributed by atoms with van der Waals surface area (Å²) >= 11 is 0. The fourth-order valence-electron chi connectivity index (χ4n) is 1.93. The predicted octanol–water partition coefficient (Wildman–Crippen LogP) is 1.46. The summed E-state index contributed by atoms with van der Waals surface area (Å²) in [5.41, 5.74) is 10.4. The van der Waals surface area contributed by atoms with Gasteiger partial charge in [-0.15, -0.1) is 5.10 Å². The summed E-state index contributed by atoms with van der Waals surface area (Å²) in [5, 5.41) is 7.52. The van der Waals surface area contributed by atoms with Crippen molar-refractivity contribution < 1.29 is 0 Å². The molecule has 14 heavy (non-hydrogen) atoms. The van der Waals surface area contributed by atoms with Crippen LogP contribution in [0.2, 0.25) is 0 Å². The third kappa shape index (κ3) is 3.77. The van der Waals surface area contributed by atoms with Crippen LogP contribution < -0.4 is 11.5 Å². The van der Waals surface area contributed by atoms with Crippen LogP contribution in [0.4, 0.5) is 0 Å². The lowest BCUT2D eigenvalue weighted by molar-refractivity contribution is 0.435. The molecule has 0 aromatic heterocycles. The average Bonchev–Trinajstić information content (AvgIpc) is 2.31. The molecule has 0 spiro atoms. The Morgan fingerprint density at radius 2 is 1.93 bits per heavy atom. The standard InChI is InChI=1S/C10H20N4/c1-8-5-3-2-4-6-9(8)7-13-14-10(11)12/h7-9H,2-6H2,1H3,(H4,11,12,14). The van der Waals surface area contributed by atoms with E-state index in [0.717, 1.165) is 0 Å². The highest BCUT2D eigenvalue weighted by molar-refractivity contribution is 5.76. The van der Waals surface area contributed by atoms with E-state index in [1.807, 2.05) is 6.21 Å². The van der Waals surface area contributed by atoms with Crippen molar-refractivity contribution in [3.05, 3.63) is 0 Å². The maximum Gasteiger partial charge on any atom is 0.211 e. The van der Waals surface area contributed by atoms with Crippen molar-refractivity contribution >= 4 is 12.2 Å². The van der Waals surface area contributed by atoms with Crippen LogP contribution in [0.15, 0.2) is 10.2 Å². The third-order valence-electron chi connectivity index (χ3n) is 2.86. The van der Waals surface area contributed by atoms with Crippen LogP contribution in [0.25, 0.3) is 0 Å². The molecule has 4 nitrogen and oxygen atoms in total. The van der Waals surface area contributed by atoms with E-state index in [1.54, 1.807) is 0 Å². The molecule has 0 amide bonds. The monoisotopic (exact) mass is 196 g/mol. The van der Waals surface area contributed by atoms with Gasteiger partial charge < -0.3 is 11.5 Å². The predicted molar refractivity (Wildman–Crippen MR) is 60.0 cm³/mol. The van der Waals surface area contributed by atoms with Crippen molar-refractivity contribution in [3.8, 4) is 0 Å². The fraction of sp³-hybridized carbons (Fsp3) is 0.800. The molecule has 1 aliphatic carbocycles. The van der Waals surface area contributed by atoms with Gasteiger partial charge in [-0.05, 0) is 18.3 Å². The smallest absolute Gasteiger partial charge is 0.211 e. The molecule has 80 valence electrons. The van der Waals surface area contributed by atoms with Crippen LogP contribution in [0, 0.1) is 11.8 Å². The molecule has 1 rings (SSSR count). The highest BCUT2D eigenvalue weighted by Gasteiger charge is 2.17. The fourth-order valence-corrected chi connectivity index (χ4v) is 1.93. The summed E-state index contributed by atoms with van der Waals surface area (Å²) in [6, 6.07) is 0. The lowest BCUT2D eigenvalue weighted by atomic mass is 9.91. The summed E-state index contributed by atoms with van der Waals surface area (Å²) in [7, 11) is 0. The Balaban J connectivity index is 2.48. The number of nitrogens with zero attached hydrogens (tertiary/aromatic N) is 2. The van der Waals surface area contributed by atoms with Gasteiger partial charge in [0.1, 0.15) is 0 Å². The molecule has 0 saturated heterocycles. The van der Waals surface area contributed by atoms with Crippen molar-refractivity contribution in [2.75, 3.05) is 0 Å².